The molecule has 0 saturated heterocycles. The zero-order chi connectivity index (χ0) is 13.4. The smallest absolute Gasteiger partial charge is 0.248 e. The molecule has 0 spiro atoms. The number of benzene rings is 1. The van der Waals surface area contributed by atoms with Gasteiger partial charge < -0.3 is 14.7 Å². The fraction of sp³-hybridized carbons (Fsp3) is 0.500. The summed E-state index contributed by atoms with van der Waals surface area (Å²) in [6, 6.07) is 9.72. The molecule has 1 aromatic rings. The molecule has 1 rings (SSSR count). The third-order valence-electron chi connectivity index (χ3n) is 2.48. The van der Waals surface area contributed by atoms with Crippen molar-refractivity contribution in [1.82, 2.24) is 4.90 Å². The van der Waals surface area contributed by atoms with E-state index in [2.05, 4.69) is 0 Å². The van der Waals surface area contributed by atoms with Crippen LogP contribution in [0.1, 0.15) is 19.4 Å². The molecule has 0 aromatic heterocycles. The van der Waals surface area contributed by atoms with E-state index < -0.39 is 0 Å². The lowest BCUT2D eigenvalue weighted by Crippen LogP contribution is -2.36. The van der Waals surface area contributed by atoms with Gasteiger partial charge in [-0.15, -0.1) is 0 Å². The zero-order valence-corrected chi connectivity index (χ0v) is 11.0. The van der Waals surface area contributed by atoms with Gasteiger partial charge in [-0.2, -0.15) is 0 Å². The summed E-state index contributed by atoms with van der Waals surface area (Å²) in [5.74, 6) is -0.0957. The van der Waals surface area contributed by atoms with Crippen molar-refractivity contribution in [1.29, 1.82) is 0 Å². The molecule has 0 bridgehead atoms. The van der Waals surface area contributed by atoms with Crippen molar-refractivity contribution in [2.24, 2.45) is 0 Å². The highest BCUT2D eigenvalue weighted by Crippen LogP contribution is 2.05. The van der Waals surface area contributed by atoms with Crippen molar-refractivity contribution < 1.29 is 14.6 Å². The number of amides is 1. The summed E-state index contributed by atoms with van der Waals surface area (Å²) in [4.78, 5) is 13.5. The third kappa shape index (κ3) is 5.29. The Hall–Kier alpha value is -1.39. The summed E-state index contributed by atoms with van der Waals surface area (Å²) in [5, 5.41) is 9.01. The molecule has 0 aliphatic rings. The summed E-state index contributed by atoms with van der Waals surface area (Å²) in [5.41, 5.74) is 1.05. The first kappa shape index (κ1) is 14.7. The van der Waals surface area contributed by atoms with Crippen LogP contribution in [0, 0.1) is 0 Å². The van der Waals surface area contributed by atoms with Crippen molar-refractivity contribution in [3.8, 4) is 0 Å². The Bertz CT molecular complexity index is 351. The van der Waals surface area contributed by atoms with E-state index in [1.165, 1.54) is 0 Å². The third-order valence-corrected chi connectivity index (χ3v) is 2.48. The molecule has 0 radical (unpaired) electrons. The van der Waals surface area contributed by atoms with Crippen LogP contribution in [0.25, 0.3) is 0 Å². The standard InChI is InChI=1S/C14H21NO3/c1-12(2)18-11-14(17)15(8-9-16)10-13-6-4-3-5-7-13/h3-7,12,16H,8-11H2,1-2H3. The molecular weight excluding hydrogens is 230 g/mol. The monoisotopic (exact) mass is 251 g/mol. The minimum absolute atomic E-state index is 0.0293. The maximum atomic E-state index is 11.9. The molecule has 18 heavy (non-hydrogen) atoms. The average Bonchev–Trinajstić information content (AvgIpc) is 2.36. The minimum atomic E-state index is -0.0957. The fourth-order valence-corrected chi connectivity index (χ4v) is 1.55. The first-order valence-electron chi connectivity index (χ1n) is 6.17. The Morgan fingerprint density at radius 2 is 2.00 bits per heavy atom. The molecule has 0 heterocycles. The second-order valence-electron chi connectivity index (χ2n) is 4.38. The lowest BCUT2D eigenvalue weighted by molar-refractivity contribution is -0.138. The lowest BCUT2D eigenvalue weighted by Gasteiger charge is -2.22. The van der Waals surface area contributed by atoms with E-state index in [0.29, 0.717) is 13.1 Å². The summed E-state index contributed by atoms with van der Waals surface area (Å²) in [6.07, 6.45) is 0.0293. The Morgan fingerprint density at radius 3 is 2.56 bits per heavy atom. The largest absolute Gasteiger partial charge is 0.395 e. The Kier molecular flexibility index (Phi) is 6.39. The lowest BCUT2D eigenvalue weighted by atomic mass is 10.2. The van der Waals surface area contributed by atoms with Crippen LogP contribution in [-0.4, -0.2) is 41.8 Å². The first-order valence-corrected chi connectivity index (χ1v) is 6.17. The Labute approximate surface area is 108 Å². The van der Waals surface area contributed by atoms with E-state index in [9.17, 15) is 4.79 Å². The molecule has 1 aromatic carbocycles. The van der Waals surface area contributed by atoms with Crippen LogP contribution in [0.4, 0.5) is 0 Å². The van der Waals surface area contributed by atoms with Gasteiger partial charge in [0.05, 0.1) is 12.7 Å². The highest BCUT2D eigenvalue weighted by atomic mass is 16.5. The number of nitrogens with zero attached hydrogens (tertiary/aromatic N) is 1. The van der Waals surface area contributed by atoms with Gasteiger partial charge in [0.25, 0.3) is 0 Å². The van der Waals surface area contributed by atoms with Crippen molar-refractivity contribution in [3.63, 3.8) is 0 Å². The number of carbonyl (C=O) groups is 1. The normalized spacial score (nSPS) is 10.7. The molecule has 4 heteroatoms. The molecule has 0 fully saturated rings. The van der Waals surface area contributed by atoms with Crippen molar-refractivity contribution >= 4 is 5.91 Å². The van der Waals surface area contributed by atoms with Gasteiger partial charge in [-0.1, -0.05) is 30.3 Å². The van der Waals surface area contributed by atoms with Crippen LogP contribution < -0.4 is 0 Å². The van der Waals surface area contributed by atoms with E-state index in [1.54, 1.807) is 4.90 Å². The first-order chi connectivity index (χ1) is 8.63. The van der Waals surface area contributed by atoms with E-state index >= 15 is 0 Å². The van der Waals surface area contributed by atoms with Crippen LogP contribution in [0.15, 0.2) is 30.3 Å². The number of aliphatic hydroxyl groups excluding tert-OH is 1. The Balaban J connectivity index is 2.56. The van der Waals surface area contributed by atoms with E-state index in [1.807, 2.05) is 44.2 Å². The zero-order valence-electron chi connectivity index (χ0n) is 11.0. The van der Waals surface area contributed by atoms with Crippen molar-refractivity contribution in [3.05, 3.63) is 35.9 Å². The molecule has 0 saturated carbocycles. The SMILES string of the molecule is CC(C)OCC(=O)N(CCO)Cc1ccccc1. The topological polar surface area (TPSA) is 49.8 Å². The van der Waals surface area contributed by atoms with E-state index in [0.717, 1.165) is 5.56 Å². The number of hydrogen-bond acceptors (Lipinski definition) is 3. The van der Waals surface area contributed by atoms with Crippen molar-refractivity contribution in [2.45, 2.75) is 26.5 Å². The predicted octanol–water partition coefficient (Wildman–Crippen LogP) is 1.43. The maximum Gasteiger partial charge on any atom is 0.248 e. The molecular formula is C14H21NO3. The minimum Gasteiger partial charge on any atom is -0.395 e. The molecule has 0 aliphatic carbocycles. The predicted molar refractivity (Wildman–Crippen MR) is 70.0 cm³/mol. The van der Waals surface area contributed by atoms with Gasteiger partial charge in [0.15, 0.2) is 0 Å². The van der Waals surface area contributed by atoms with Crippen LogP contribution in [0.2, 0.25) is 0 Å². The number of hydrogen-bond donors (Lipinski definition) is 1. The molecule has 0 atom stereocenters. The average molecular weight is 251 g/mol. The molecule has 0 aliphatic heterocycles. The van der Waals surface area contributed by atoms with E-state index in [4.69, 9.17) is 9.84 Å². The highest BCUT2D eigenvalue weighted by molar-refractivity contribution is 5.77. The van der Waals surface area contributed by atoms with Crippen LogP contribution in [0.3, 0.4) is 0 Å². The molecule has 1 amide bonds. The maximum absolute atomic E-state index is 11.9. The van der Waals surface area contributed by atoms with Crippen LogP contribution in [0.5, 0.6) is 0 Å². The van der Waals surface area contributed by atoms with Gasteiger partial charge in [0, 0.05) is 13.1 Å². The van der Waals surface area contributed by atoms with Gasteiger partial charge in [-0.25, -0.2) is 0 Å². The second kappa shape index (κ2) is 7.84. The van der Waals surface area contributed by atoms with Gasteiger partial charge in [0.2, 0.25) is 5.91 Å². The van der Waals surface area contributed by atoms with E-state index in [-0.39, 0.29) is 25.2 Å². The summed E-state index contributed by atoms with van der Waals surface area (Å²) in [7, 11) is 0. The summed E-state index contributed by atoms with van der Waals surface area (Å²) < 4.78 is 5.30. The second-order valence-corrected chi connectivity index (χ2v) is 4.38. The summed E-state index contributed by atoms with van der Waals surface area (Å²) >= 11 is 0. The number of ether oxygens (including phenoxy) is 1. The van der Waals surface area contributed by atoms with Gasteiger partial charge >= 0.3 is 0 Å². The van der Waals surface area contributed by atoms with Gasteiger partial charge in [-0.05, 0) is 19.4 Å². The number of aliphatic hydroxyl groups is 1. The van der Waals surface area contributed by atoms with Gasteiger partial charge in [-0.3, -0.25) is 4.79 Å². The highest BCUT2D eigenvalue weighted by Gasteiger charge is 2.14. The molecule has 4 nitrogen and oxygen atoms in total. The molecule has 0 unspecified atom stereocenters. The van der Waals surface area contributed by atoms with Gasteiger partial charge in [0.1, 0.15) is 6.61 Å². The summed E-state index contributed by atoms with van der Waals surface area (Å²) in [6.45, 7) is 4.63. The molecule has 1 N–H and O–H groups in total. The van der Waals surface area contributed by atoms with Crippen molar-refractivity contribution in [2.75, 3.05) is 19.8 Å². The number of rotatable bonds is 7. The quantitative estimate of drug-likeness (QED) is 0.797. The molecule has 100 valence electrons. The Morgan fingerprint density at radius 1 is 1.33 bits per heavy atom. The number of carbonyl (C=O) groups excluding carboxylic acids is 1. The van der Waals surface area contributed by atoms with Crippen LogP contribution in [-0.2, 0) is 16.1 Å². The van der Waals surface area contributed by atoms with Crippen LogP contribution >= 0.6 is 0 Å². The fourth-order valence-electron chi connectivity index (χ4n) is 1.55.